The van der Waals surface area contributed by atoms with Crippen molar-refractivity contribution in [2.75, 3.05) is 18.5 Å². The fraction of sp³-hybridized carbons (Fsp3) is 0.538. The number of nitrogens with zero attached hydrogens (tertiary/aromatic N) is 3. The van der Waals surface area contributed by atoms with Crippen molar-refractivity contribution in [2.24, 2.45) is 5.92 Å². The van der Waals surface area contributed by atoms with Crippen LogP contribution in [0.2, 0.25) is 5.02 Å². The van der Waals surface area contributed by atoms with Crippen LogP contribution in [0, 0.1) is 19.8 Å². The molecule has 2 aromatic heterocycles. The van der Waals surface area contributed by atoms with E-state index in [0.717, 1.165) is 43.7 Å². The maximum atomic E-state index is 13.0. The molecular weight excluding hydrogens is 484 g/mol. The Bertz CT molecular complexity index is 1100. The van der Waals surface area contributed by atoms with Gasteiger partial charge in [0.15, 0.2) is 0 Å². The number of carboxylic acids is 1. The third kappa shape index (κ3) is 5.96. The first-order chi connectivity index (χ1) is 17.3. The summed E-state index contributed by atoms with van der Waals surface area (Å²) in [7, 11) is 0. The monoisotopic (exact) mass is 516 g/mol. The smallest absolute Gasteiger partial charge is 0.360 e. The number of carbonyl (C=O) groups is 2. The summed E-state index contributed by atoms with van der Waals surface area (Å²) in [6, 6.07) is 4.38. The van der Waals surface area contributed by atoms with Crippen LogP contribution >= 0.6 is 11.6 Å². The van der Waals surface area contributed by atoms with Crippen molar-refractivity contribution < 1.29 is 24.6 Å². The zero-order valence-corrected chi connectivity index (χ0v) is 21.4. The van der Waals surface area contributed by atoms with E-state index in [4.69, 9.17) is 21.4 Å². The highest BCUT2D eigenvalue weighted by Gasteiger charge is 2.42. The number of aromatic nitrogens is 2. The molecule has 0 unspecified atom stereocenters. The minimum atomic E-state index is -1.16. The van der Waals surface area contributed by atoms with Crippen LogP contribution in [0.25, 0.3) is 0 Å². The predicted molar refractivity (Wildman–Crippen MR) is 135 cm³/mol. The lowest BCUT2D eigenvalue weighted by molar-refractivity contribution is -0.204. The molecule has 3 heterocycles. The minimum absolute atomic E-state index is 0.0608. The number of anilines is 1. The molecule has 9 nitrogen and oxygen atoms in total. The molecule has 1 aliphatic carbocycles. The number of pyridine rings is 2. The van der Waals surface area contributed by atoms with Gasteiger partial charge in [-0.3, -0.25) is 9.78 Å². The molecule has 194 valence electrons. The number of fused-ring (bicyclic) bond motifs is 1. The van der Waals surface area contributed by atoms with Crippen molar-refractivity contribution in [3.63, 3.8) is 0 Å². The average molecular weight is 517 g/mol. The van der Waals surface area contributed by atoms with Crippen molar-refractivity contribution in [3.05, 3.63) is 51.4 Å². The predicted octanol–water partition coefficient (Wildman–Crippen LogP) is 3.73. The molecule has 36 heavy (non-hydrogen) atoms. The molecule has 1 atom stereocenters. The summed E-state index contributed by atoms with van der Waals surface area (Å²) in [5.41, 5.74) is 3.49. The van der Waals surface area contributed by atoms with E-state index in [1.807, 2.05) is 0 Å². The number of aryl methyl sites for hydroxylation is 4. The molecule has 1 saturated carbocycles. The lowest BCUT2D eigenvalue weighted by Crippen LogP contribution is -2.53. The molecule has 2 aliphatic rings. The molecule has 10 heteroatoms. The van der Waals surface area contributed by atoms with Gasteiger partial charge < -0.3 is 20.4 Å². The molecule has 0 saturated heterocycles. The summed E-state index contributed by atoms with van der Waals surface area (Å²) in [5.74, 6) is -0.563. The zero-order valence-electron chi connectivity index (χ0n) is 20.7. The van der Waals surface area contributed by atoms with E-state index in [1.165, 1.54) is 10.6 Å². The molecule has 3 N–H and O–H groups in total. The van der Waals surface area contributed by atoms with Gasteiger partial charge in [0.05, 0.1) is 10.7 Å². The van der Waals surface area contributed by atoms with Crippen molar-refractivity contribution in [1.82, 2.24) is 15.0 Å². The van der Waals surface area contributed by atoms with Gasteiger partial charge in [-0.15, -0.1) is 5.06 Å². The highest BCUT2D eigenvalue weighted by molar-refractivity contribution is 6.33. The second-order valence-electron chi connectivity index (χ2n) is 9.68. The van der Waals surface area contributed by atoms with Gasteiger partial charge in [-0.25, -0.2) is 9.78 Å². The maximum absolute atomic E-state index is 13.0. The molecule has 0 amide bonds. The van der Waals surface area contributed by atoms with Gasteiger partial charge in [0, 0.05) is 30.6 Å². The Labute approximate surface area is 215 Å². The Morgan fingerprint density at radius 1 is 1.28 bits per heavy atom. The van der Waals surface area contributed by atoms with Gasteiger partial charge in [-0.2, -0.15) is 0 Å². The Kier molecular flexibility index (Phi) is 8.43. The van der Waals surface area contributed by atoms with E-state index in [1.54, 1.807) is 19.9 Å². The van der Waals surface area contributed by atoms with Gasteiger partial charge in [-0.1, -0.05) is 17.7 Å². The van der Waals surface area contributed by atoms with E-state index >= 15 is 0 Å². The number of carboxylic acid groups (broad SMARTS) is 1. The number of carbonyl (C=O) groups excluding carboxylic acids is 1. The van der Waals surface area contributed by atoms with Crippen LogP contribution in [0.1, 0.15) is 65.1 Å². The van der Waals surface area contributed by atoms with E-state index in [9.17, 15) is 19.8 Å². The first-order valence-electron chi connectivity index (χ1n) is 12.5. The third-order valence-corrected chi connectivity index (χ3v) is 7.30. The summed E-state index contributed by atoms with van der Waals surface area (Å²) in [6.45, 7) is 4.04. The summed E-state index contributed by atoms with van der Waals surface area (Å²) in [6.07, 6.45) is 5.22. The molecule has 1 fully saturated rings. The fourth-order valence-corrected chi connectivity index (χ4v) is 5.42. The molecule has 4 rings (SSSR count). The molecule has 2 aromatic rings. The maximum Gasteiger partial charge on any atom is 0.360 e. The summed E-state index contributed by atoms with van der Waals surface area (Å²) in [4.78, 5) is 39.7. The zero-order chi connectivity index (χ0) is 25.8. The summed E-state index contributed by atoms with van der Waals surface area (Å²) >= 11 is 6.28. The van der Waals surface area contributed by atoms with Crippen LogP contribution in [0.3, 0.4) is 0 Å². The first kappa shape index (κ1) is 26.3. The fourth-order valence-electron chi connectivity index (χ4n) is 5.05. The number of halogens is 1. The number of nitrogens with one attached hydrogen (secondary N) is 1. The first-order valence-corrected chi connectivity index (χ1v) is 12.8. The Morgan fingerprint density at radius 2 is 2.06 bits per heavy atom. The number of hydrogen-bond donors (Lipinski definition) is 3. The molecule has 0 aromatic carbocycles. The lowest BCUT2D eigenvalue weighted by Gasteiger charge is -2.43. The topological polar surface area (TPSA) is 125 Å². The van der Waals surface area contributed by atoms with Gasteiger partial charge >= 0.3 is 11.9 Å². The molecular formula is C26H33ClN4O5. The number of aliphatic carboxylic acids is 1. The number of rotatable bonds is 10. The lowest BCUT2D eigenvalue weighted by atomic mass is 9.76. The molecule has 0 spiro atoms. The van der Waals surface area contributed by atoms with E-state index in [0.29, 0.717) is 30.1 Å². The largest absolute Gasteiger partial charge is 0.480 e. The van der Waals surface area contributed by atoms with Gasteiger partial charge in [0.25, 0.3) is 0 Å². The van der Waals surface area contributed by atoms with E-state index < -0.39 is 18.0 Å². The quantitative estimate of drug-likeness (QED) is 0.405. The van der Waals surface area contributed by atoms with Crippen molar-refractivity contribution >= 4 is 29.4 Å². The second kappa shape index (κ2) is 11.5. The molecule has 1 aliphatic heterocycles. The van der Waals surface area contributed by atoms with Crippen LogP contribution in [0.15, 0.2) is 18.2 Å². The minimum Gasteiger partial charge on any atom is -0.480 e. The highest BCUT2D eigenvalue weighted by atomic mass is 35.5. The number of hydrogen-bond acceptors (Lipinski definition) is 8. The third-order valence-electron chi connectivity index (χ3n) is 7.00. The van der Waals surface area contributed by atoms with Gasteiger partial charge in [0.1, 0.15) is 17.4 Å². The number of hydroxylamine groups is 2. The Balaban J connectivity index is 1.41. The highest BCUT2D eigenvalue weighted by Crippen LogP contribution is 2.37. The van der Waals surface area contributed by atoms with Crippen LogP contribution in [0.4, 0.5) is 5.82 Å². The normalized spacial score (nSPS) is 19.7. The standard InChI is InChI=1S/C26H33ClN4O5/c1-15-12-21(27)23(16(2)29-15)26(35)36-31(22(9-11-32)25(33)34)20-13-17(14-20)5-7-19-8-6-18-4-3-10-28-24(18)30-19/h6,8,12,17,20,22,32H,3-5,7,9-11,13-14H2,1-2H3,(H,28,30)(H,33,34)/t17?,20?,22-/m0/s1. The van der Waals surface area contributed by atoms with Crippen LogP contribution < -0.4 is 5.32 Å². The van der Waals surface area contributed by atoms with Crippen LogP contribution in [-0.4, -0.2) is 62.4 Å². The summed E-state index contributed by atoms with van der Waals surface area (Å²) in [5, 5.41) is 24.1. The Hall–Kier alpha value is -2.75. The van der Waals surface area contributed by atoms with Crippen LogP contribution in [0.5, 0.6) is 0 Å². The average Bonchev–Trinajstić information content (AvgIpc) is 2.80. The van der Waals surface area contributed by atoms with Crippen LogP contribution in [-0.2, 0) is 22.5 Å². The molecule has 0 radical (unpaired) electrons. The van der Waals surface area contributed by atoms with Crippen molar-refractivity contribution in [1.29, 1.82) is 0 Å². The summed E-state index contributed by atoms with van der Waals surface area (Å²) < 4.78 is 0. The van der Waals surface area contributed by atoms with E-state index in [2.05, 4.69) is 22.4 Å². The number of aliphatic hydroxyl groups excluding tert-OH is 1. The SMILES string of the molecule is Cc1cc(Cl)c(C(=O)ON(C2CC(CCc3ccc4c(n3)NCCC4)C2)[C@@H](CCO)C(=O)O)c(C)n1. The van der Waals surface area contributed by atoms with Gasteiger partial charge in [0.2, 0.25) is 0 Å². The molecule has 0 bridgehead atoms. The Morgan fingerprint density at radius 3 is 2.75 bits per heavy atom. The number of aliphatic hydroxyl groups is 1. The van der Waals surface area contributed by atoms with Gasteiger partial charge in [-0.05, 0) is 82.4 Å². The van der Waals surface area contributed by atoms with Crippen molar-refractivity contribution in [3.8, 4) is 0 Å². The second-order valence-corrected chi connectivity index (χ2v) is 10.1. The van der Waals surface area contributed by atoms with Crippen molar-refractivity contribution in [2.45, 2.75) is 70.9 Å². The van der Waals surface area contributed by atoms with E-state index in [-0.39, 0.29) is 29.7 Å².